The maximum absolute atomic E-state index is 6.08. The van der Waals surface area contributed by atoms with Gasteiger partial charge in [-0.05, 0) is 30.8 Å². The molecule has 1 aromatic rings. The molecule has 2 nitrogen and oxygen atoms in total. The first-order chi connectivity index (χ1) is 6.67. The lowest BCUT2D eigenvalue weighted by molar-refractivity contribution is 0.296. The summed E-state index contributed by atoms with van der Waals surface area (Å²) in [5.41, 5.74) is 7.49. The average molecular weight is 286 g/mol. The van der Waals surface area contributed by atoms with Gasteiger partial charge in [-0.3, -0.25) is 4.90 Å². The quantitative estimate of drug-likeness (QED) is 0.856. The molecule has 0 fully saturated rings. The summed E-state index contributed by atoms with van der Waals surface area (Å²) in [6, 6.07) is 5.70. The van der Waals surface area contributed by atoms with Crippen molar-refractivity contribution in [3.8, 4) is 0 Å². The first kappa shape index (κ1) is 18.2. The summed E-state index contributed by atoms with van der Waals surface area (Å²) >= 11 is 6.08. The number of halogens is 3. The monoisotopic (exact) mass is 284 g/mol. The zero-order valence-electron chi connectivity index (χ0n) is 9.57. The van der Waals surface area contributed by atoms with E-state index in [1.54, 1.807) is 6.07 Å². The van der Waals surface area contributed by atoms with Gasteiger partial charge in [0.25, 0.3) is 0 Å². The Morgan fingerprint density at radius 3 is 2.19 bits per heavy atom. The number of anilines is 1. The van der Waals surface area contributed by atoms with Crippen LogP contribution in [-0.4, -0.2) is 18.0 Å². The van der Waals surface area contributed by atoms with Crippen LogP contribution in [0.2, 0.25) is 5.02 Å². The summed E-state index contributed by atoms with van der Waals surface area (Å²) in [5, 5.41) is 0.761. The van der Waals surface area contributed by atoms with Crippen LogP contribution >= 0.6 is 36.4 Å². The largest absolute Gasteiger partial charge is 0.399 e. The fraction of sp³-hybridized carbons (Fsp3) is 0.455. The van der Waals surface area contributed by atoms with Crippen molar-refractivity contribution in [3.05, 3.63) is 28.8 Å². The van der Waals surface area contributed by atoms with Crippen molar-refractivity contribution in [2.45, 2.75) is 20.4 Å². The Labute approximate surface area is 115 Å². The topological polar surface area (TPSA) is 29.3 Å². The van der Waals surface area contributed by atoms with E-state index in [4.69, 9.17) is 17.3 Å². The molecule has 0 radical (unpaired) electrons. The zero-order valence-corrected chi connectivity index (χ0v) is 12.0. The Hall–Kier alpha value is -0.150. The third kappa shape index (κ3) is 5.26. The number of nitrogens with zero attached hydrogens (tertiary/aromatic N) is 1. The van der Waals surface area contributed by atoms with E-state index in [1.807, 2.05) is 12.1 Å². The van der Waals surface area contributed by atoms with Gasteiger partial charge in [-0.2, -0.15) is 0 Å². The molecule has 16 heavy (non-hydrogen) atoms. The summed E-state index contributed by atoms with van der Waals surface area (Å²) < 4.78 is 0. The average Bonchev–Trinajstić information content (AvgIpc) is 2.17. The van der Waals surface area contributed by atoms with Crippen molar-refractivity contribution < 1.29 is 0 Å². The Kier molecular flexibility index (Phi) is 10.2. The van der Waals surface area contributed by atoms with E-state index in [-0.39, 0.29) is 24.8 Å². The number of hydrogen-bond acceptors (Lipinski definition) is 2. The molecule has 0 aliphatic heterocycles. The molecule has 0 heterocycles. The highest BCUT2D eigenvalue weighted by Crippen LogP contribution is 2.20. The first-order valence-electron chi connectivity index (χ1n) is 4.93. The second-order valence-corrected chi connectivity index (χ2v) is 3.72. The molecule has 1 aromatic carbocycles. The molecule has 0 bridgehead atoms. The van der Waals surface area contributed by atoms with Gasteiger partial charge in [0.15, 0.2) is 0 Å². The second kappa shape index (κ2) is 8.94. The van der Waals surface area contributed by atoms with Crippen LogP contribution in [0.1, 0.15) is 19.4 Å². The smallest absolute Gasteiger partial charge is 0.0471 e. The van der Waals surface area contributed by atoms with Gasteiger partial charge in [-0.25, -0.2) is 0 Å². The second-order valence-electron chi connectivity index (χ2n) is 3.31. The normalized spacial score (nSPS) is 9.50. The standard InChI is InChI=1S/C11H17ClN2.2ClH/c1-3-14(4-2)8-9-5-6-10(13)7-11(9)12;;/h5-7H,3-4,8,13H2,1-2H3;2*1H. The molecule has 0 saturated carbocycles. The summed E-state index contributed by atoms with van der Waals surface area (Å²) in [4.78, 5) is 2.32. The molecule has 0 aliphatic carbocycles. The van der Waals surface area contributed by atoms with Gasteiger partial charge in [-0.1, -0.05) is 31.5 Å². The summed E-state index contributed by atoms with van der Waals surface area (Å²) in [6.45, 7) is 7.27. The molecule has 0 unspecified atom stereocenters. The Balaban J connectivity index is 0. The van der Waals surface area contributed by atoms with E-state index in [2.05, 4.69) is 18.7 Å². The van der Waals surface area contributed by atoms with Gasteiger partial charge in [0.2, 0.25) is 0 Å². The maximum atomic E-state index is 6.08. The molecule has 0 atom stereocenters. The van der Waals surface area contributed by atoms with Gasteiger partial charge < -0.3 is 5.73 Å². The minimum Gasteiger partial charge on any atom is -0.399 e. The van der Waals surface area contributed by atoms with Crippen LogP contribution in [0.15, 0.2) is 18.2 Å². The van der Waals surface area contributed by atoms with Gasteiger partial charge in [0.05, 0.1) is 0 Å². The molecule has 1 rings (SSSR count). The lowest BCUT2D eigenvalue weighted by atomic mass is 10.2. The van der Waals surface area contributed by atoms with Crippen LogP contribution in [0.25, 0.3) is 0 Å². The fourth-order valence-corrected chi connectivity index (χ4v) is 1.63. The van der Waals surface area contributed by atoms with E-state index in [0.29, 0.717) is 0 Å². The highest BCUT2D eigenvalue weighted by molar-refractivity contribution is 6.31. The summed E-state index contributed by atoms with van der Waals surface area (Å²) in [7, 11) is 0. The van der Waals surface area contributed by atoms with Crippen molar-refractivity contribution >= 4 is 42.1 Å². The minimum atomic E-state index is 0. The molecular formula is C11H19Cl3N2. The number of nitrogen functional groups attached to an aromatic ring is 1. The van der Waals surface area contributed by atoms with E-state index in [1.165, 1.54) is 0 Å². The molecule has 94 valence electrons. The third-order valence-electron chi connectivity index (χ3n) is 2.37. The number of rotatable bonds is 4. The van der Waals surface area contributed by atoms with Crippen molar-refractivity contribution in [2.75, 3.05) is 18.8 Å². The van der Waals surface area contributed by atoms with Crippen LogP contribution in [0, 0.1) is 0 Å². The first-order valence-corrected chi connectivity index (χ1v) is 5.31. The zero-order chi connectivity index (χ0) is 10.6. The number of nitrogens with two attached hydrogens (primary N) is 1. The summed E-state index contributed by atoms with van der Waals surface area (Å²) in [5.74, 6) is 0. The van der Waals surface area contributed by atoms with Crippen molar-refractivity contribution in [1.82, 2.24) is 4.90 Å². The molecule has 2 N–H and O–H groups in total. The minimum absolute atomic E-state index is 0. The Morgan fingerprint density at radius 1 is 1.19 bits per heavy atom. The van der Waals surface area contributed by atoms with Crippen LogP contribution < -0.4 is 5.73 Å². The molecule has 0 aliphatic rings. The SMILES string of the molecule is CCN(CC)Cc1ccc(N)cc1Cl.Cl.Cl. The fourth-order valence-electron chi connectivity index (χ4n) is 1.38. The van der Waals surface area contributed by atoms with Gasteiger partial charge in [-0.15, -0.1) is 24.8 Å². The Morgan fingerprint density at radius 2 is 1.75 bits per heavy atom. The highest BCUT2D eigenvalue weighted by Gasteiger charge is 2.04. The predicted octanol–water partition coefficient (Wildman–Crippen LogP) is 3.61. The van der Waals surface area contributed by atoms with Crippen LogP contribution in [-0.2, 0) is 6.54 Å². The molecule has 0 saturated heterocycles. The van der Waals surface area contributed by atoms with E-state index in [9.17, 15) is 0 Å². The van der Waals surface area contributed by atoms with E-state index < -0.39 is 0 Å². The van der Waals surface area contributed by atoms with Crippen LogP contribution in [0.3, 0.4) is 0 Å². The van der Waals surface area contributed by atoms with E-state index >= 15 is 0 Å². The maximum Gasteiger partial charge on any atom is 0.0471 e. The third-order valence-corrected chi connectivity index (χ3v) is 2.72. The molecule has 0 amide bonds. The van der Waals surface area contributed by atoms with Gasteiger partial charge >= 0.3 is 0 Å². The molecule has 0 spiro atoms. The number of hydrogen-bond donors (Lipinski definition) is 1. The van der Waals surface area contributed by atoms with Gasteiger partial charge in [0.1, 0.15) is 0 Å². The molecule has 0 aromatic heterocycles. The van der Waals surface area contributed by atoms with Crippen molar-refractivity contribution in [3.63, 3.8) is 0 Å². The van der Waals surface area contributed by atoms with Crippen molar-refractivity contribution in [1.29, 1.82) is 0 Å². The van der Waals surface area contributed by atoms with Crippen LogP contribution in [0.4, 0.5) is 5.69 Å². The van der Waals surface area contributed by atoms with E-state index in [0.717, 1.165) is 35.9 Å². The van der Waals surface area contributed by atoms with Crippen molar-refractivity contribution in [2.24, 2.45) is 0 Å². The van der Waals surface area contributed by atoms with Gasteiger partial charge in [0, 0.05) is 17.3 Å². The summed E-state index contributed by atoms with van der Waals surface area (Å²) in [6.07, 6.45) is 0. The molecule has 5 heteroatoms. The lowest BCUT2D eigenvalue weighted by Crippen LogP contribution is -2.22. The highest BCUT2D eigenvalue weighted by atomic mass is 35.5. The molecular weight excluding hydrogens is 266 g/mol. The Bertz CT molecular complexity index is 301. The predicted molar refractivity (Wildman–Crippen MR) is 77.0 cm³/mol. The lowest BCUT2D eigenvalue weighted by Gasteiger charge is -2.18. The van der Waals surface area contributed by atoms with Crippen LogP contribution in [0.5, 0.6) is 0 Å². The number of benzene rings is 1.